The average molecular weight is 165 g/mol. The minimum Gasteiger partial charge on any atom is -0.318 e. The van der Waals surface area contributed by atoms with Gasteiger partial charge in [-0.1, -0.05) is 31.0 Å². The summed E-state index contributed by atoms with van der Waals surface area (Å²) in [6.45, 7) is 1.07. The van der Waals surface area contributed by atoms with E-state index >= 15 is 0 Å². The Morgan fingerprint density at radius 2 is 2.09 bits per heavy atom. The maximum Gasteiger partial charge on any atom is 0.0499 e. The van der Waals surface area contributed by atoms with Gasteiger partial charge in [0.2, 0.25) is 0 Å². The fourth-order valence-corrected chi connectivity index (χ4v) is 1.85. The van der Waals surface area contributed by atoms with Crippen LogP contribution >= 0.6 is 12.8 Å². The van der Waals surface area contributed by atoms with Gasteiger partial charge in [0.05, 0.1) is 0 Å². The van der Waals surface area contributed by atoms with E-state index in [0.717, 1.165) is 6.54 Å². The van der Waals surface area contributed by atoms with Crippen molar-refractivity contribution in [1.82, 2.24) is 0 Å². The van der Waals surface area contributed by atoms with Gasteiger partial charge in [-0.3, -0.25) is 0 Å². The fraction of sp³-hybridized carbons (Fsp3) is 0.333. The van der Waals surface area contributed by atoms with Gasteiger partial charge in [-0.25, -0.2) is 0 Å². The first-order valence-electron chi connectivity index (χ1n) is 3.92. The molecule has 0 spiro atoms. The highest BCUT2D eigenvalue weighted by Crippen LogP contribution is 2.27. The summed E-state index contributed by atoms with van der Waals surface area (Å²) in [5.74, 6) is 0. The molecule has 0 unspecified atom stereocenters. The van der Waals surface area contributed by atoms with E-state index in [1.807, 2.05) is 4.31 Å². The number of hydrogen-bond donors (Lipinski definition) is 1. The van der Waals surface area contributed by atoms with Gasteiger partial charge in [0, 0.05) is 12.2 Å². The molecule has 0 amide bonds. The predicted molar refractivity (Wildman–Crippen MR) is 51.1 cm³/mol. The molecule has 2 heteroatoms. The van der Waals surface area contributed by atoms with Crippen molar-refractivity contribution in [1.29, 1.82) is 0 Å². The molecule has 0 radical (unpaired) electrons. The van der Waals surface area contributed by atoms with Crippen LogP contribution in [0.1, 0.15) is 12.0 Å². The highest BCUT2D eigenvalue weighted by molar-refractivity contribution is 7.81. The second-order valence-corrected chi connectivity index (χ2v) is 3.34. The molecule has 0 saturated heterocycles. The molecule has 2 rings (SSSR count). The maximum absolute atomic E-state index is 4.37. The smallest absolute Gasteiger partial charge is 0.0499 e. The number of aryl methyl sites for hydroxylation is 1. The standard InChI is InChI=1S/C9H11NS/c11-10-7-3-5-8-4-1-2-6-9(8)10/h1-2,4,6,11H,3,5,7H2. The van der Waals surface area contributed by atoms with Crippen LogP contribution in [-0.4, -0.2) is 6.54 Å². The Labute approximate surface area is 72.6 Å². The van der Waals surface area contributed by atoms with E-state index < -0.39 is 0 Å². The molecular weight excluding hydrogens is 154 g/mol. The highest BCUT2D eigenvalue weighted by Gasteiger charge is 2.11. The molecule has 0 saturated carbocycles. The maximum atomic E-state index is 4.37. The van der Waals surface area contributed by atoms with Crippen molar-refractivity contribution < 1.29 is 0 Å². The molecule has 1 aliphatic heterocycles. The molecule has 0 bridgehead atoms. The van der Waals surface area contributed by atoms with Crippen molar-refractivity contribution in [3.63, 3.8) is 0 Å². The number of thiol groups is 1. The Balaban J connectivity index is 2.44. The zero-order valence-electron chi connectivity index (χ0n) is 6.33. The van der Waals surface area contributed by atoms with E-state index in [1.165, 1.54) is 24.1 Å². The Bertz CT molecular complexity index is 259. The summed E-state index contributed by atoms with van der Waals surface area (Å²) >= 11 is 4.37. The largest absolute Gasteiger partial charge is 0.318 e. The summed E-state index contributed by atoms with van der Waals surface area (Å²) in [4.78, 5) is 0. The van der Waals surface area contributed by atoms with Crippen LogP contribution in [0.5, 0.6) is 0 Å². The summed E-state index contributed by atoms with van der Waals surface area (Å²) in [6, 6.07) is 8.46. The second-order valence-electron chi connectivity index (χ2n) is 2.86. The first-order chi connectivity index (χ1) is 5.38. The molecular formula is C9H11NS. The van der Waals surface area contributed by atoms with Crippen molar-refractivity contribution in [3.8, 4) is 0 Å². The third-order valence-electron chi connectivity index (χ3n) is 2.09. The zero-order chi connectivity index (χ0) is 7.68. The summed E-state index contributed by atoms with van der Waals surface area (Å²) in [6.07, 6.45) is 2.42. The van der Waals surface area contributed by atoms with Crippen LogP contribution in [0.2, 0.25) is 0 Å². The molecule has 1 aromatic carbocycles. The van der Waals surface area contributed by atoms with Crippen LogP contribution in [0.25, 0.3) is 0 Å². The molecule has 11 heavy (non-hydrogen) atoms. The Morgan fingerprint density at radius 3 is 2.91 bits per heavy atom. The lowest BCUT2D eigenvalue weighted by Crippen LogP contribution is -2.19. The topological polar surface area (TPSA) is 3.24 Å². The van der Waals surface area contributed by atoms with E-state index in [-0.39, 0.29) is 0 Å². The lowest BCUT2D eigenvalue weighted by Gasteiger charge is -2.25. The monoisotopic (exact) mass is 165 g/mol. The van der Waals surface area contributed by atoms with Crippen molar-refractivity contribution >= 4 is 18.5 Å². The van der Waals surface area contributed by atoms with Crippen molar-refractivity contribution in [3.05, 3.63) is 29.8 Å². The molecule has 0 atom stereocenters. The van der Waals surface area contributed by atoms with Gasteiger partial charge < -0.3 is 4.31 Å². The third-order valence-corrected chi connectivity index (χ3v) is 2.50. The number of anilines is 1. The van der Waals surface area contributed by atoms with Crippen LogP contribution in [0.4, 0.5) is 5.69 Å². The highest BCUT2D eigenvalue weighted by atomic mass is 32.1. The molecule has 0 aliphatic carbocycles. The molecule has 0 fully saturated rings. The quantitative estimate of drug-likeness (QED) is 0.577. The Morgan fingerprint density at radius 1 is 1.27 bits per heavy atom. The number of nitrogens with zero attached hydrogens (tertiary/aromatic N) is 1. The van der Waals surface area contributed by atoms with Gasteiger partial charge in [-0.2, -0.15) is 0 Å². The molecule has 58 valence electrons. The molecule has 1 nitrogen and oxygen atoms in total. The van der Waals surface area contributed by atoms with Gasteiger partial charge in [0.1, 0.15) is 0 Å². The third kappa shape index (κ3) is 1.23. The van der Waals surface area contributed by atoms with Gasteiger partial charge in [0.25, 0.3) is 0 Å². The minimum atomic E-state index is 1.07. The number of hydrogen-bond acceptors (Lipinski definition) is 2. The van der Waals surface area contributed by atoms with Gasteiger partial charge in [0.15, 0.2) is 0 Å². The van der Waals surface area contributed by atoms with Crippen molar-refractivity contribution in [2.24, 2.45) is 0 Å². The Hall–Kier alpha value is -0.630. The molecule has 0 aromatic heterocycles. The minimum absolute atomic E-state index is 1.07. The normalized spacial score (nSPS) is 16.3. The van der Waals surface area contributed by atoms with Crippen molar-refractivity contribution in [2.75, 3.05) is 10.8 Å². The molecule has 1 aliphatic rings. The van der Waals surface area contributed by atoms with Gasteiger partial charge >= 0.3 is 0 Å². The lowest BCUT2D eigenvalue weighted by molar-refractivity contribution is 0.797. The second kappa shape index (κ2) is 2.78. The SMILES string of the molecule is SN1CCCc2ccccc21. The van der Waals surface area contributed by atoms with E-state index in [4.69, 9.17) is 0 Å². The zero-order valence-corrected chi connectivity index (χ0v) is 7.22. The summed E-state index contributed by atoms with van der Waals surface area (Å²) in [5, 5.41) is 0. The number of rotatable bonds is 0. The number of benzene rings is 1. The number of para-hydroxylation sites is 1. The van der Waals surface area contributed by atoms with Crippen LogP contribution in [0.3, 0.4) is 0 Å². The summed E-state index contributed by atoms with van der Waals surface area (Å²) in [5.41, 5.74) is 2.70. The molecule has 0 N–H and O–H groups in total. The van der Waals surface area contributed by atoms with Gasteiger partial charge in [-0.05, 0) is 24.5 Å². The van der Waals surface area contributed by atoms with Crippen LogP contribution in [-0.2, 0) is 6.42 Å². The molecule has 1 heterocycles. The summed E-state index contributed by atoms with van der Waals surface area (Å²) in [7, 11) is 0. The molecule has 1 aromatic rings. The van der Waals surface area contributed by atoms with E-state index in [9.17, 15) is 0 Å². The van der Waals surface area contributed by atoms with E-state index in [0.29, 0.717) is 0 Å². The van der Waals surface area contributed by atoms with E-state index in [2.05, 4.69) is 37.1 Å². The number of fused-ring (bicyclic) bond motifs is 1. The fourth-order valence-electron chi connectivity index (χ4n) is 1.51. The van der Waals surface area contributed by atoms with E-state index in [1.54, 1.807) is 0 Å². The first-order valence-corrected chi connectivity index (χ1v) is 4.32. The lowest BCUT2D eigenvalue weighted by atomic mass is 10.0. The first kappa shape index (κ1) is 7.04. The predicted octanol–water partition coefficient (Wildman–Crippen LogP) is 2.28. The van der Waals surface area contributed by atoms with Crippen LogP contribution in [0.15, 0.2) is 24.3 Å². The van der Waals surface area contributed by atoms with Gasteiger partial charge in [-0.15, -0.1) is 0 Å². The summed E-state index contributed by atoms with van der Waals surface area (Å²) < 4.78 is 2.03. The average Bonchev–Trinajstić information content (AvgIpc) is 2.06. The van der Waals surface area contributed by atoms with Crippen molar-refractivity contribution in [2.45, 2.75) is 12.8 Å². The Kier molecular flexibility index (Phi) is 1.78. The van der Waals surface area contributed by atoms with Crippen LogP contribution < -0.4 is 4.31 Å². The van der Waals surface area contributed by atoms with Crippen LogP contribution in [0, 0.1) is 0 Å².